The second kappa shape index (κ2) is 4.43. The summed E-state index contributed by atoms with van der Waals surface area (Å²) in [5, 5.41) is 13.3. The minimum atomic E-state index is -0.0901. The summed E-state index contributed by atoms with van der Waals surface area (Å²) in [7, 11) is 0. The molecule has 6 nitrogen and oxygen atoms in total. The Morgan fingerprint density at radius 2 is 2.50 bits per heavy atom. The van der Waals surface area contributed by atoms with E-state index in [0.717, 1.165) is 37.3 Å². The van der Waals surface area contributed by atoms with E-state index in [1.165, 1.54) is 0 Å². The van der Waals surface area contributed by atoms with Gasteiger partial charge in [-0.05, 0) is 24.6 Å². The van der Waals surface area contributed by atoms with Crippen LogP contribution in [0.3, 0.4) is 0 Å². The van der Waals surface area contributed by atoms with Gasteiger partial charge in [0.2, 0.25) is 11.0 Å². The Balaban J connectivity index is 1.88. The fourth-order valence-electron chi connectivity index (χ4n) is 1.45. The fraction of sp³-hybridized carbons (Fsp3) is 0.714. The van der Waals surface area contributed by atoms with Gasteiger partial charge in [0.1, 0.15) is 0 Å². The Bertz CT molecular complexity index is 295. The van der Waals surface area contributed by atoms with Gasteiger partial charge in [-0.1, -0.05) is 16.0 Å². The Morgan fingerprint density at radius 1 is 1.57 bits per heavy atom. The summed E-state index contributed by atoms with van der Waals surface area (Å²) in [6.07, 6.45) is 3.13. The number of nitrogens with one attached hydrogen (secondary N) is 2. The topological polar surface area (TPSA) is 79.8 Å². The number of hydrogen-bond acceptors (Lipinski definition) is 6. The first kappa shape index (κ1) is 9.47. The van der Waals surface area contributed by atoms with Gasteiger partial charge in [0.25, 0.3) is 0 Å². The van der Waals surface area contributed by atoms with Crippen LogP contribution in [0.4, 0.5) is 5.13 Å². The minimum absolute atomic E-state index is 0.0387. The van der Waals surface area contributed by atoms with Crippen LogP contribution in [-0.4, -0.2) is 33.3 Å². The molecule has 0 aliphatic carbocycles. The molecule has 0 saturated carbocycles. The first-order valence-electron chi connectivity index (χ1n) is 4.55. The Morgan fingerprint density at radius 3 is 3.14 bits per heavy atom. The molecule has 14 heavy (non-hydrogen) atoms. The van der Waals surface area contributed by atoms with Crippen molar-refractivity contribution in [3.63, 3.8) is 0 Å². The van der Waals surface area contributed by atoms with E-state index in [-0.39, 0.29) is 11.9 Å². The van der Waals surface area contributed by atoms with Gasteiger partial charge < -0.3 is 5.32 Å². The standard InChI is InChI=1S/C7H11N5OS/c13-6(5-3-1-2-4-8-5)9-7-10-11-12-14-7/h5,8H,1-4H2,(H,9,10,12,13)/t5-/m0/s1. The van der Waals surface area contributed by atoms with Crippen molar-refractivity contribution in [3.8, 4) is 0 Å². The molecule has 0 aromatic carbocycles. The maximum Gasteiger partial charge on any atom is 0.243 e. The zero-order valence-electron chi connectivity index (χ0n) is 7.56. The lowest BCUT2D eigenvalue weighted by Crippen LogP contribution is -2.43. The third-order valence-corrected chi connectivity index (χ3v) is 2.67. The highest BCUT2D eigenvalue weighted by molar-refractivity contribution is 7.09. The predicted octanol–water partition coefficient (Wildman–Crippen LogP) is 0.0137. The molecule has 1 aliphatic rings. The number of anilines is 1. The van der Waals surface area contributed by atoms with Gasteiger partial charge in [-0.2, -0.15) is 0 Å². The molecule has 7 heteroatoms. The van der Waals surface area contributed by atoms with Crippen molar-refractivity contribution in [1.29, 1.82) is 0 Å². The summed E-state index contributed by atoms with van der Waals surface area (Å²) >= 11 is 1.08. The largest absolute Gasteiger partial charge is 0.306 e. The van der Waals surface area contributed by atoms with Crippen LogP contribution >= 0.6 is 11.5 Å². The van der Waals surface area contributed by atoms with Gasteiger partial charge in [0.05, 0.1) is 6.04 Å². The highest BCUT2D eigenvalue weighted by Gasteiger charge is 2.21. The van der Waals surface area contributed by atoms with Crippen LogP contribution in [0.25, 0.3) is 0 Å². The number of hydrogen-bond donors (Lipinski definition) is 2. The summed E-state index contributed by atoms with van der Waals surface area (Å²) in [6.45, 7) is 0.909. The monoisotopic (exact) mass is 213 g/mol. The highest BCUT2D eigenvalue weighted by Crippen LogP contribution is 2.10. The SMILES string of the molecule is O=C(Nc1nnns1)[C@@H]1CCCCN1. The number of amides is 1. The molecule has 2 rings (SSSR count). The van der Waals surface area contributed by atoms with Gasteiger partial charge in [0, 0.05) is 11.5 Å². The number of aromatic nitrogens is 3. The van der Waals surface area contributed by atoms with Gasteiger partial charge >= 0.3 is 0 Å². The van der Waals surface area contributed by atoms with Crippen molar-refractivity contribution in [1.82, 2.24) is 20.1 Å². The lowest BCUT2D eigenvalue weighted by Gasteiger charge is -2.21. The average Bonchev–Trinajstić information content (AvgIpc) is 2.72. The lowest BCUT2D eigenvalue weighted by molar-refractivity contribution is -0.118. The number of rotatable bonds is 2. The number of piperidine rings is 1. The van der Waals surface area contributed by atoms with Crippen LogP contribution in [0, 0.1) is 0 Å². The summed E-state index contributed by atoms with van der Waals surface area (Å²) in [6, 6.07) is -0.0901. The molecule has 1 aliphatic heterocycles. The Kier molecular flexibility index (Phi) is 3.00. The lowest BCUT2D eigenvalue weighted by atomic mass is 10.0. The van der Waals surface area contributed by atoms with E-state index < -0.39 is 0 Å². The molecular formula is C7H11N5OS. The van der Waals surface area contributed by atoms with Crippen LogP contribution in [-0.2, 0) is 4.79 Å². The summed E-state index contributed by atoms with van der Waals surface area (Å²) in [4.78, 5) is 11.6. The van der Waals surface area contributed by atoms with Gasteiger partial charge in [0.15, 0.2) is 0 Å². The second-order valence-electron chi connectivity index (χ2n) is 3.16. The number of carbonyl (C=O) groups excluding carboxylic acids is 1. The molecule has 1 aromatic heterocycles. The predicted molar refractivity (Wildman–Crippen MR) is 52.0 cm³/mol. The molecule has 0 bridgehead atoms. The van der Waals surface area contributed by atoms with Crippen molar-refractivity contribution >= 4 is 22.6 Å². The minimum Gasteiger partial charge on any atom is -0.306 e. The zero-order valence-corrected chi connectivity index (χ0v) is 8.38. The van der Waals surface area contributed by atoms with Gasteiger partial charge in [-0.25, -0.2) is 0 Å². The van der Waals surface area contributed by atoms with E-state index in [1.807, 2.05) is 0 Å². The average molecular weight is 213 g/mol. The molecule has 1 atom stereocenters. The van der Waals surface area contributed by atoms with Crippen molar-refractivity contribution in [2.45, 2.75) is 25.3 Å². The first-order chi connectivity index (χ1) is 6.86. The Labute approximate surface area is 85.3 Å². The molecule has 0 unspecified atom stereocenters. The quantitative estimate of drug-likeness (QED) is 0.723. The molecule has 2 heterocycles. The molecule has 1 amide bonds. The fourth-order valence-corrected chi connectivity index (χ4v) is 1.82. The van der Waals surface area contributed by atoms with Crippen LogP contribution in [0.2, 0.25) is 0 Å². The van der Waals surface area contributed by atoms with Crippen molar-refractivity contribution < 1.29 is 4.79 Å². The van der Waals surface area contributed by atoms with Gasteiger partial charge in [-0.15, -0.1) is 0 Å². The smallest absolute Gasteiger partial charge is 0.243 e. The van der Waals surface area contributed by atoms with Crippen LogP contribution < -0.4 is 10.6 Å². The number of carbonyl (C=O) groups is 1. The van der Waals surface area contributed by atoms with Crippen LogP contribution in [0.1, 0.15) is 19.3 Å². The van der Waals surface area contributed by atoms with Crippen molar-refractivity contribution in [2.75, 3.05) is 11.9 Å². The summed E-state index contributed by atoms with van der Waals surface area (Å²) in [5.41, 5.74) is 0. The van der Waals surface area contributed by atoms with Crippen molar-refractivity contribution in [3.05, 3.63) is 0 Å². The molecule has 1 saturated heterocycles. The maximum atomic E-state index is 11.6. The molecule has 2 N–H and O–H groups in total. The molecule has 1 aromatic rings. The second-order valence-corrected chi connectivity index (χ2v) is 3.89. The van der Waals surface area contributed by atoms with E-state index in [4.69, 9.17) is 0 Å². The third-order valence-electron chi connectivity index (χ3n) is 2.16. The van der Waals surface area contributed by atoms with E-state index in [9.17, 15) is 4.79 Å². The van der Waals surface area contributed by atoms with Crippen LogP contribution in [0.5, 0.6) is 0 Å². The zero-order chi connectivity index (χ0) is 9.80. The van der Waals surface area contributed by atoms with E-state index in [2.05, 4.69) is 25.4 Å². The molecule has 0 radical (unpaired) electrons. The Hall–Kier alpha value is -1.08. The third kappa shape index (κ3) is 2.24. The van der Waals surface area contributed by atoms with E-state index >= 15 is 0 Å². The van der Waals surface area contributed by atoms with E-state index in [0.29, 0.717) is 5.13 Å². The summed E-state index contributed by atoms with van der Waals surface area (Å²) in [5.74, 6) is -0.0387. The van der Waals surface area contributed by atoms with Gasteiger partial charge in [-0.3, -0.25) is 10.1 Å². The number of nitrogens with zero attached hydrogens (tertiary/aromatic N) is 3. The molecular weight excluding hydrogens is 202 g/mol. The first-order valence-corrected chi connectivity index (χ1v) is 5.33. The highest BCUT2D eigenvalue weighted by atomic mass is 32.1. The van der Waals surface area contributed by atoms with Crippen molar-refractivity contribution in [2.24, 2.45) is 0 Å². The maximum absolute atomic E-state index is 11.6. The van der Waals surface area contributed by atoms with E-state index in [1.54, 1.807) is 0 Å². The molecule has 1 fully saturated rings. The normalized spacial score (nSPS) is 21.9. The van der Waals surface area contributed by atoms with Crippen LogP contribution in [0.15, 0.2) is 0 Å². The molecule has 0 spiro atoms. The molecule has 76 valence electrons. The summed E-state index contributed by atoms with van der Waals surface area (Å²) < 4.78 is 3.57.